The minimum absolute atomic E-state index is 0.0768. The highest BCUT2D eigenvalue weighted by atomic mass is 16.5. The van der Waals surface area contributed by atoms with Crippen LogP contribution in [0.1, 0.15) is 63.0 Å². The van der Waals surface area contributed by atoms with Crippen molar-refractivity contribution in [2.45, 2.75) is 64.0 Å². The number of ether oxygens (including phenoxy) is 1. The molecule has 176 valence electrons. The van der Waals surface area contributed by atoms with Gasteiger partial charge in [-0.3, -0.25) is 4.79 Å². The smallest absolute Gasteiger partial charge is 0.407 e. The number of alkyl carbamates (subject to hydrolysis) is 1. The molecule has 0 aliphatic heterocycles. The van der Waals surface area contributed by atoms with E-state index in [2.05, 4.69) is 22.8 Å². The van der Waals surface area contributed by atoms with Crippen molar-refractivity contribution in [1.82, 2.24) is 10.6 Å². The van der Waals surface area contributed by atoms with Crippen LogP contribution in [0.3, 0.4) is 0 Å². The molecule has 2 aromatic rings. The van der Waals surface area contributed by atoms with Gasteiger partial charge >= 0.3 is 12.1 Å². The summed E-state index contributed by atoms with van der Waals surface area (Å²) in [6.45, 7) is 3.99. The van der Waals surface area contributed by atoms with E-state index in [0.717, 1.165) is 28.7 Å². The fraction of sp³-hybridized carbons (Fsp3) is 0.423. The Balaban J connectivity index is 1.65. The lowest BCUT2D eigenvalue weighted by Gasteiger charge is -2.21. The fourth-order valence-corrected chi connectivity index (χ4v) is 4.28. The van der Waals surface area contributed by atoms with Gasteiger partial charge in [-0.1, -0.05) is 81.6 Å². The number of carbonyl (C=O) groups is 3. The summed E-state index contributed by atoms with van der Waals surface area (Å²) in [5.41, 5.74) is 4.49. The quantitative estimate of drug-likeness (QED) is 0.467. The van der Waals surface area contributed by atoms with Crippen LogP contribution in [-0.4, -0.2) is 41.8 Å². The molecule has 0 radical (unpaired) electrons. The van der Waals surface area contributed by atoms with Crippen molar-refractivity contribution >= 4 is 18.0 Å². The van der Waals surface area contributed by atoms with Gasteiger partial charge in [0.2, 0.25) is 5.91 Å². The SMILES string of the molecule is CCCCC(NC(=O)OCC1c2ccccc2-c2ccccc21)C(=O)N[C@H](CCC)C(=O)O. The van der Waals surface area contributed by atoms with E-state index in [9.17, 15) is 19.5 Å². The van der Waals surface area contributed by atoms with Crippen LogP contribution < -0.4 is 10.6 Å². The zero-order valence-electron chi connectivity index (χ0n) is 19.2. The van der Waals surface area contributed by atoms with E-state index in [0.29, 0.717) is 25.7 Å². The molecule has 3 N–H and O–H groups in total. The first kappa shape index (κ1) is 24.3. The number of hydrogen-bond donors (Lipinski definition) is 3. The Kier molecular flexibility index (Phi) is 8.46. The summed E-state index contributed by atoms with van der Waals surface area (Å²) >= 11 is 0. The molecule has 3 rings (SSSR count). The molecular formula is C26H32N2O5. The number of amides is 2. The first-order valence-corrected chi connectivity index (χ1v) is 11.6. The molecule has 0 saturated heterocycles. The van der Waals surface area contributed by atoms with Crippen LogP contribution in [0.25, 0.3) is 11.1 Å². The summed E-state index contributed by atoms with van der Waals surface area (Å²) in [6, 6.07) is 14.3. The third-order valence-corrected chi connectivity index (χ3v) is 5.99. The zero-order chi connectivity index (χ0) is 23.8. The second kappa shape index (κ2) is 11.5. The highest BCUT2D eigenvalue weighted by molar-refractivity contribution is 5.89. The standard InChI is InChI=1S/C26H32N2O5/c1-3-5-15-22(24(29)27-23(10-4-2)25(30)31)28-26(32)33-16-21-19-13-8-6-11-17(19)18-12-7-9-14-20(18)21/h6-9,11-14,21-23H,3-5,10,15-16H2,1-2H3,(H,27,29)(H,28,32)(H,30,31)/t22?,23-/m1/s1. The van der Waals surface area contributed by atoms with Crippen LogP contribution in [-0.2, 0) is 14.3 Å². The molecule has 0 aromatic heterocycles. The van der Waals surface area contributed by atoms with Crippen LogP contribution >= 0.6 is 0 Å². The molecule has 0 heterocycles. The average molecular weight is 453 g/mol. The number of fused-ring (bicyclic) bond motifs is 3. The molecule has 1 unspecified atom stereocenters. The molecule has 2 amide bonds. The van der Waals surface area contributed by atoms with Crippen molar-refractivity contribution in [3.63, 3.8) is 0 Å². The third kappa shape index (κ3) is 5.92. The van der Waals surface area contributed by atoms with E-state index in [1.54, 1.807) is 0 Å². The molecule has 33 heavy (non-hydrogen) atoms. The predicted octanol–water partition coefficient (Wildman–Crippen LogP) is 4.45. The van der Waals surface area contributed by atoms with E-state index in [4.69, 9.17) is 4.74 Å². The second-order valence-corrected chi connectivity index (χ2v) is 8.35. The second-order valence-electron chi connectivity index (χ2n) is 8.35. The molecule has 0 spiro atoms. The van der Waals surface area contributed by atoms with Gasteiger partial charge in [0, 0.05) is 5.92 Å². The summed E-state index contributed by atoms with van der Waals surface area (Å²) in [5.74, 6) is -1.66. The maximum Gasteiger partial charge on any atom is 0.407 e. The van der Waals surface area contributed by atoms with E-state index < -0.39 is 30.1 Å². The largest absolute Gasteiger partial charge is 0.480 e. The topological polar surface area (TPSA) is 105 Å². The summed E-state index contributed by atoms with van der Waals surface area (Å²) in [6.07, 6.45) is 2.23. The number of carboxylic acid groups (broad SMARTS) is 1. The lowest BCUT2D eigenvalue weighted by Crippen LogP contribution is -2.51. The molecule has 2 atom stereocenters. The summed E-state index contributed by atoms with van der Waals surface area (Å²) in [4.78, 5) is 36.7. The molecule has 0 saturated carbocycles. The number of benzene rings is 2. The van der Waals surface area contributed by atoms with Crippen LogP contribution in [0.4, 0.5) is 4.79 Å². The number of hydrogen-bond acceptors (Lipinski definition) is 4. The van der Waals surface area contributed by atoms with E-state index in [-0.39, 0.29) is 12.5 Å². The normalized spacial score (nSPS) is 14.0. The molecule has 0 fully saturated rings. The van der Waals surface area contributed by atoms with Crippen molar-refractivity contribution in [2.24, 2.45) is 0 Å². The molecular weight excluding hydrogens is 420 g/mol. The molecule has 7 nitrogen and oxygen atoms in total. The van der Waals surface area contributed by atoms with Crippen LogP contribution in [0.5, 0.6) is 0 Å². The van der Waals surface area contributed by atoms with Crippen molar-refractivity contribution in [3.8, 4) is 11.1 Å². The maximum atomic E-state index is 12.7. The lowest BCUT2D eigenvalue weighted by atomic mass is 9.98. The molecule has 7 heteroatoms. The number of carbonyl (C=O) groups excluding carboxylic acids is 2. The maximum absolute atomic E-state index is 12.7. The number of unbranched alkanes of at least 4 members (excludes halogenated alkanes) is 1. The average Bonchev–Trinajstić information content (AvgIpc) is 3.13. The minimum Gasteiger partial charge on any atom is -0.480 e. The van der Waals surface area contributed by atoms with E-state index >= 15 is 0 Å². The van der Waals surface area contributed by atoms with Gasteiger partial charge in [0.05, 0.1) is 0 Å². The van der Waals surface area contributed by atoms with Gasteiger partial charge in [0.25, 0.3) is 0 Å². The Morgan fingerprint density at radius 2 is 1.48 bits per heavy atom. The van der Waals surface area contributed by atoms with E-state index in [1.165, 1.54) is 0 Å². The molecule has 0 bridgehead atoms. The number of rotatable bonds is 11. The van der Waals surface area contributed by atoms with Gasteiger partial charge in [-0.15, -0.1) is 0 Å². The number of aliphatic carboxylic acids is 1. The summed E-state index contributed by atoms with van der Waals surface area (Å²) < 4.78 is 5.55. The van der Waals surface area contributed by atoms with Gasteiger partial charge in [0.1, 0.15) is 18.7 Å². The lowest BCUT2D eigenvalue weighted by molar-refractivity contribution is -0.142. The van der Waals surface area contributed by atoms with Gasteiger partial charge < -0.3 is 20.5 Å². The Labute approximate surface area is 194 Å². The Hall–Kier alpha value is -3.35. The van der Waals surface area contributed by atoms with Gasteiger partial charge in [0.15, 0.2) is 0 Å². The third-order valence-electron chi connectivity index (χ3n) is 5.99. The molecule has 1 aliphatic carbocycles. The highest BCUT2D eigenvalue weighted by Crippen LogP contribution is 2.44. The van der Waals surface area contributed by atoms with E-state index in [1.807, 2.05) is 50.2 Å². The Morgan fingerprint density at radius 1 is 0.879 bits per heavy atom. The van der Waals surface area contributed by atoms with Crippen LogP contribution in [0.2, 0.25) is 0 Å². The van der Waals surface area contributed by atoms with Gasteiger partial charge in [-0.25, -0.2) is 9.59 Å². The van der Waals surface area contributed by atoms with Gasteiger partial charge in [-0.2, -0.15) is 0 Å². The summed E-state index contributed by atoms with van der Waals surface area (Å²) in [7, 11) is 0. The van der Waals surface area contributed by atoms with Crippen LogP contribution in [0.15, 0.2) is 48.5 Å². The number of carboxylic acids is 1. The van der Waals surface area contributed by atoms with Crippen molar-refractivity contribution < 1.29 is 24.2 Å². The Bertz CT molecular complexity index is 945. The zero-order valence-corrected chi connectivity index (χ0v) is 19.2. The predicted molar refractivity (Wildman–Crippen MR) is 126 cm³/mol. The highest BCUT2D eigenvalue weighted by Gasteiger charge is 2.30. The first-order valence-electron chi connectivity index (χ1n) is 11.6. The summed E-state index contributed by atoms with van der Waals surface area (Å²) in [5, 5.41) is 14.5. The van der Waals surface area contributed by atoms with Crippen molar-refractivity contribution in [1.29, 1.82) is 0 Å². The first-order chi connectivity index (χ1) is 16.0. The van der Waals surface area contributed by atoms with Crippen LogP contribution in [0, 0.1) is 0 Å². The van der Waals surface area contributed by atoms with Crippen molar-refractivity contribution in [3.05, 3.63) is 59.7 Å². The molecule has 1 aliphatic rings. The molecule has 2 aromatic carbocycles. The monoisotopic (exact) mass is 452 g/mol. The minimum atomic E-state index is -1.08. The Morgan fingerprint density at radius 3 is 2.03 bits per heavy atom. The number of nitrogens with one attached hydrogen (secondary N) is 2. The van der Waals surface area contributed by atoms with Crippen molar-refractivity contribution in [2.75, 3.05) is 6.61 Å². The fourth-order valence-electron chi connectivity index (χ4n) is 4.28. The van der Waals surface area contributed by atoms with Gasteiger partial charge in [-0.05, 0) is 35.1 Å².